The summed E-state index contributed by atoms with van der Waals surface area (Å²) in [6.07, 6.45) is 2.46. The van der Waals surface area contributed by atoms with Crippen molar-refractivity contribution < 1.29 is 9.26 Å². The summed E-state index contributed by atoms with van der Waals surface area (Å²) in [5, 5.41) is 5.39. The standard InChI is InChI=1S/C21H26N6O2/c1-25(2)21-16-11-15(3-4-18(16)22-14-23-21)27-8-6-26(7-9-27)12-19-17-13-28-10-5-20(17)29-24-19/h3-4,11,14H,5-10,12-13H2,1-2H3. The van der Waals surface area contributed by atoms with Gasteiger partial charge in [0.05, 0.1) is 18.7 Å². The van der Waals surface area contributed by atoms with Gasteiger partial charge < -0.3 is 19.1 Å². The topological polar surface area (TPSA) is 70.8 Å². The number of nitrogens with zero attached hydrogens (tertiary/aromatic N) is 6. The summed E-state index contributed by atoms with van der Waals surface area (Å²) in [5.41, 5.74) is 4.39. The fraction of sp³-hybridized carbons (Fsp3) is 0.476. The van der Waals surface area contributed by atoms with Crippen LogP contribution in [-0.2, 0) is 24.3 Å². The van der Waals surface area contributed by atoms with E-state index in [2.05, 4.69) is 43.1 Å². The minimum absolute atomic E-state index is 0.626. The van der Waals surface area contributed by atoms with Crippen molar-refractivity contribution in [2.24, 2.45) is 0 Å². The molecule has 0 atom stereocenters. The van der Waals surface area contributed by atoms with E-state index in [-0.39, 0.29) is 0 Å². The molecule has 5 rings (SSSR count). The van der Waals surface area contributed by atoms with Crippen molar-refractivity contribution in [3.8, 4) is 0 Å². The number of fused-ring (bicyclic) bond motifs is 2. The Morgan fingerprint density at radius 1 is 1.10 bits per heavy atom. The molecule has 29 heavy (non-hydrogen) atoms. The molecule has 0 unspecified atom stereocenters. The number of hydrogen-bond acceptors (Lipinski definition) is 8. The number of hydrogen-bond donors (Lipinski definition) is 0. The lowest BCUT2D eigenvalue weighted by molar-refractivity contribution is 0.102. The number of benzene rings is 1. The van der Waals surface area contributed by atoms with Crippen LogP contribution in [0.5, 0.6) is 0 Å². The second-order valence-corrected chi connectivity index (χ2v) is 7.89. The number of ether oxygens (including phenoxy) is 1. The van der Waals surface area contributed by atoms with Gasteiger partial charge in [-0.05, 0) is 18.2 Å². The molecule has 8 heteroatoms. The molecule has 8 nitrogen and oxygen atoms in total. The summed E-state index contributed by atoms with van der Waals surface area (Å²) in [7, 11) is 4.03. The van der Waals surface area contributed by atoms with Crippen molar-refractivity contribution in [1.82, 2.24) is 20.0 Å². The maximum Gasteiger partial charge on any atom is 0.144 e. The minimum Gasteiger partial charge on any atom is -0.376 e. The van der Waals surface area contributed by atoms with E-state index in [9.17, 15) is 0 Å². The first-order valence-electron chi connectivity index (χ1n) is 10.1. The van der Waals surface area contributed by atoms with Crippen LogP contribution in [0.3, 0.4) is 0 Å². The van der Waals surface area contributed by atoms with Gasteiger partial charge in [0, 0.05) is 69.9 Å². The van der Waals surface area contributed by atoms with Crippen LogP contribution in [0.15, 0.2) is 29.0 Å². The highest BCUT2D eigenvalue weighted by Crippen LogP contribution is 2.28. The number of anilines is 2. The largest absolute Gasteiger partial charge is 0.376 e. The van der Waals surface area contributed by atoms with Crippen LogP contribution in [0.1, 0.15) is 17.0 Å². The van der Waals surface area contributed by atoms with E-state index >= 15 is 0 Å². The van der Waals surface area contributed by atoms with E-state index in [1.165, 1.54) is 5.69 Å². The lowest BCUT2D eigenvalue weighted by Crippen LogP contribution is -2.46. The molecular weight excluding hydrogens is 368 g/mol. The molecule has 4 heterocycles. The highest BCUT2D eigenvalue weighted by Gasteiger charge is 2.24. The molecule has 1 fully saturated rings. The number of rotatable bonds is 4. The molecule has 0 bridgehead atoms. The van der Waals surface area contributed by atoms with Crippen LogP contribution in [0.4, 0.5) is 11.5 Å². The summed E-state index contributed by atoms with van der Waals surface area (Å²) >= 11 is 0. The van der Waals surface area contributed by atoms with E-state index < -0.39 is 0 Å². The monoisotopic (exact) mass is 394 g/mol. The van der Waals surface area contributed by atoms with Gasteiger partial charge in [0.25, 0.3) is 0 Å². The van der Waals surface area contributed by atoms with Crippen molar-refractivity contribution in [2.45, 2.75) is 19.6 Å². The fourth-order valence-electron chi connectivity index (χ4n) is 4.17. The summed E-state index contributed by atoms with van der Waals surface area (Å²) < 4.78 is 11.1. The Kier molecular flexibility index (Phi) is 4.81. The predicted octanol–water partition coefficient (Wildman–Crippen LogP) is 2.08. The first-order valence-corrected chi connectivity index (χ1v) is 10.1. The second kappa shape index (κ2) is 7.61. The molecule has 0 saturated carbocycles. The van der Waals surface area contributed by atoms with Crippen LogP contribution < -0.4 is 9.80 Å². The van der Waals surface area contributed by atoms with Crippen molar-refractivity contribution in [3.05, 3.63) is 41.5 Å². The molecule has 0 amide bonds. The van der Waals surface area contributed by atoms with Crippen LogP contribution >= 0.6 is 0 Å². The molecule has 0 N–H and O–H groups in total. The van der Waals surface area contributed by atoms with Crippen LogP contribution in [-0.4, -0.2) is 66.9 Å². The van der Waals surface area contributed by atoms with Gasteiger partial charge in [0.1, 0.15) is 23.6 Å². The molecule has 2 aliphatic heterocycles. The molecule has 2 aliphatic rings. The summed E-state index contributed by atoms with van der Waals surface area (Å²) in [5.74, 6) is 1.95. The molecule has 1 saturated heterocycles. The van der Waals surface area contributed by atoms with Crippen molar-refractivity contribution in [1.29, 1.82) is 0 Å². The summed E-state index contributed by atoms with van der Waals surface area (Å²) in [6, 6.07) is 6.47. The molecular formula is C21H26N6O2. The van der Waals surface area contributed by atoms with Gasteiger partial charge in [-0.2, -0.15) is 0 Å². The third-order valence-electron chi connectivity index (χ3n) is 5.80. The average Bonchev–Trinajstić information content (AvgIpc) is 3.16. The van der Waals surface area contributed by atoms with Gasteiger partial charge in [0.2, 0.25) is 0 Å². The quantitative estimate of drug-likeness (QED) is 0.666. The van der Waals surface area contributed by atoms with E-state index in [1.54, 1.807) is 6.33 Å². The van der Waals surface area contributed by atoms with Gasteiger partial charge in [-0.25, -0.2) is 9.97 Å². The summed E-state index contributed by atoms with van der Waals surface area (Å²) in [6.45, 7) is 6.12. The Hall–Kier alpha value is -2.71. The van der Waals surface area contributed by atoms with Gasteiger partial charge in [-0.15, -0.1) is 0 Å². The van der Waals surface area contributed by atoms with Crippen LogP contribution in [0, 0.1) is 0 Å². The molecule has 3 aromatic rings. The molecule has 2 aromatic heterocycles. The predicted molar refractivity (Wildman–Crippen MR) is 111 cm³/mol. The van der Waals surface area contributed by atoms with Gasteiger partial charge in [0.15, 0.2) is 0 Å². The van der Waals surface area contributed by atoms with Crippen molar-refractivity contribution in [2.75, 3.05) is 56.7 Å². The molecule has 152 valence electrons. The minimum atomic E-state index is 0.626. The zero-order valence-electron chi connectivity index (χ0n) is 17.0. The maximum absolute atomic E-state index is 5.58. The Bertz CT molecular complexity index is 1010. The SMILES string of the molecule is CN(C)c1ncnc2ccc(N3CCN(Cc4noc5c4COCC5)CC3)cc12. The van der Waals surface area contributed by atoms with Crippen molar-refractivity contribution in [3.63, 3.8) is 0 Å². The number of aromatic nitrogens is 3. The van der Waals surface area contributed by atoms with Crippen LogP contribution in [0.2, 0.25) is 0 Å². The second-order valence-electron chi connectivity index (χ2n) is 7.89. The lowest BCUT2D eigenvalue weighted by atomic mass is 10.1. The number of piperazine rings is 1. The molecule has 0 spiro atoms. The third kappa shape index (κ3) is 3.54. The molecule has 0 radical (unpaired) electrons. The summed E-state index contributed by atoms with van der Waals surface area (Å²) in [4.78, 5) is 15.8. The van der Waals surface area contributed by atoms with E-state index in [0.717, 1.165) is 79.5 Å². The van der Waals surface area contributed by atoms with E-state index in [4.69, 9.17) is 9.26 Å². The van der Waals surface area contributed by atoms with Gasteiger partial charge >= 0.3 is 0 Å². The highest BCUT2D eigenvalue weighted by atomic mass is 16.5. The lowest BCUT2D eigenvalue weighted by Gasteiger charge is -2.36. The fourth-order valence-corrected chi connectivity index (χ4v) is 4.17. The van der Waals surface area contributed by atoms with E-state index in [0.29, 0.717) is 6.61 Å². The zero-order valence-corrected chi connectivity index (χ0v) is 17.0. The zero-order chi connectivity index (χ0) is 19.8. The Balaban J connectivity index is 1.28. The maximum atomic E-state index is 5.58. The van der Waals surface area contributed by atoms with Gasteiger partial charge in [-0.1, -0.05) is 5.16 Å². The Morgan fingerprint density at radius 3 is 2.79 bits per heavy atom. The Morgan fingerprint density at radius 2 is 1.97 bits per heavy atom. The first kappa shape index (κ1) is 18.3. The molecule has 0 aliphatic carbocycles. The van der Waals surface area contributed by atoms with Crippen molar-refractivity contribution >= 4 is 22.4 Å². The highest BCUT2D eigenvalue weighted by molar-refractivity contribution is 5.91. The van der Waals surface area contributed by atoms with E-state index in [1.807, 2.05) is 19.0 Å². The van der Waals surface area contributed by atoms with Gasteiger partial charge in [-0.3, -0.25) is 4.90 Å². The molecule has 1 aromatic carbocycles. The van der Waals surface area contributed by atoms with Crippen LogP contribution in [0.25, 0.3) is 10.9 Å². The first-order chi connectivity index (χ1) is 14.2. The normalized spacial score (nSPS) is 17.5. The smallest absolute Gasteiger partial charge is 0.144 e. The average molecular weight is 394 g/mol. The Labute approximate surface area is 170 Å². The third-order valence-corrected chi connectivity index (χ3v) is 5.80.